The fourth-order valence-corrected chi connectivity index (χ4v) is 3.35. The fraction of sp³-hybridized carbons (Fsp3) is 0.524. The van der Waals surface area contributed by atoms with Crippen molar-refractivity contribution in [3.8, 4) is 0 Å². The summed E-state index contributed by atoms with van der Waals surface area (Å²) in [6, 6.07) is 8.74. The predicted octanol–water partition coefficient (Wildman–Crippen LogP) is 0.755. The van der Waals surface area contributed by atoms with E-state index in [0.717, 1.165) is 6.42 Å². The van der Waals surface area contributed by atoms with E-state index in [1.807, 2.05) is 18.2 Å². The van der Waals surface area contributed by atoms with Crippen LogP contribution < -0.4 is 22.1 Å². The summed E-state index contributed by atoms with van der Waals surface area (Å²) in [5.41, 5.74) is 12.2. The molecule has 0 bridgehead atoms. The Labute approximate surface area is 171 Å². The molecule has 3 atom stereocenters. The van der Waals surface area contributed by atoms with E-state index >= 15 is 0 Å². The molecule has 0 radical (unpaired) electrons. The summed E-state index contributed by atoms with van der Waals surface area (Å²) in [5, 5.41) is 5.99. The lowest BCUT2D eigenvalue weighted by molar-refractivity contribution is -0.123. The highest BCUT2D eigenvalue weighted by Gasteiger charge is 2.32. The number of carbonyl (C=O) groups excluding carboxylic acids is 3. The molecular weight excluding hydrogens is 370 g/mol. The number of amides is 2. The van der Waals surface area contributed by atoms with E-state index in [1.165, 1.54) is 0 Å². The molecule has 1 aromatic rings. The van der Waals surface area contributed by atoms with E-state index in [0.29, 0.717) is 50.8 Å². The van der Waals surface area contributed by atoms with Gasteiger partial charge in [0.1, 0.15) is 0 Å². The van der Waals surface area contributed by atoms with Gasteiger partial charge in [0, 0.05) is 24.9 Å². The molecule has 1 aliphatic heterocycles. The third-order valence-corrected chi connectivity index (χ3v) is 4.99. The molecule has 1 aromatic carbocycles. The van der Waals surface area contributed by atoms with Crippen LogP contribution in [-0.2, 0) is 9.59 Å². The van der Waals surface area contributed by atoms with Crippen LogP contribution in [0.25, 0.3) is 0 Å². The quantitative estimate of drug-likeness (QED) is 0.232. The Balaban J connectivity index is 1.56. The lowest BCUT2D eigenvalue weighted by atomic mass is 9.90. The molecule has 0 aromatic heterocycles. The number of primary amides is 1. The molecule has 0 fully saturated rings. The van der Waals surface area contributed by atoms with E-state index in [4.69, 9.17) is 11.5 Å². The maximum atomic E-state index is 12.0. The molecule has 2 rings (SSSR count). The highest BCUT2D eigenvalue weighted by atomic mass is 16.2. The minimum absolute atomic E-state index is 0.0521. The molecule has 8 heteroatoms. The summed E-state index contributed by atoms with van der Waals surface area (Å²) in [5.74, 6) is -0.736. The summed E-state index contributed by atoms with van der Waals surface area (Å²) in [6.45, 7) is 1.10. The maximum Gasteiger partial charge on any atom is 0.222 e. The number of aliphatic imine (C=N–C) groups is 1. The van der Waals surface area contributed by atoms with E-state index in [2.05, 4.69) is 15.6 Å². The Hall–Kier alpha value is -2.58. The van der Waals surface area contributed by atoms with Crippen LogP contribution in [0.3, 0.4) is 0 Å². The largest absolute Gasteiger partial charge is 0.369 e. The van der Waals surface area contributed by atoms with Crippen molar-refractivity contribution in [1.29, 1.82) is 0 Å². The molecule has 29 heavy (non-hydrogen) atoms. The minimum Gasteiger partial charge on any atom is -0.369 e. The number of ketones is 1. The third kappa shape index (κ3) is 7.75. The molecular formula is C21H31N5O3. The molecule has 6 N–H and O–H groups in total. The zero-order chi connectivity index (χ0) is 21.1. The van der Waals surface area contributed by atoms with Gasteiger partial charge in [-0.3, -0.25) is 19.4 Å². The Morgan fingerprint density at radius 1 is 1.10 bits per heavy atom. The average molecular weight is 402 g/mol. The van der Waals surface area contributed by atoms with Crippen molar-refractivity contribution in [1.82, 2.24) is 10.6 Å². The Morgan fingerprint density at radius 2 is 1.86 bits per heavy atom. The maximum absolute atomic E-state index is 12.0. The molecule has 0 aliphatic carbocycles. The predicted molar refractivity (Wildman–Crippen MR) is 112 cm³/mol. The molecule has 1 aliphatic rings. The van der Waals surface area contributed by atoms with Crippen LogP contribution in [0.1, 0.15) is 48.9 Å². The van der Waals surface area contributed by atoms with Crippen molar-refractivity contribution in [3.05, 3.63) is 35.9 Å². The second-order valence-corrected chi connectivity index (χ2v) is 7.23. The number of nitrogens with one attached hydrogen (secondary N) is 2. The lowest BCUT2D eigenvalue weighted by Crippen LogP contribution is -2.53. The van der Waals surface area contributed by atoms with Gasteiger partial charge in [-0.15, -0.1) is 0 Å². The van der Waals surface area contributed by atoms with Crippen LogP contribution in [0.5, 0.6) is 0 Å². The van der Waals surface area contributed by atoms with Crippen molar-refractivity contribution < 1.29 is 14.4 Å². The normalized spacial score (nSPS) is 19.5. The van der Waals surface area contributed by atoms with Gasteiger partial charge < -0.3 is 22.1 Å². The topological polar surface area (TPSA) is 140 Å². The van der Waals surface area contributed by atoms with Crippen LogP contribution in [0.4, 0.5) is 0 Å². The zero-order valence-electron chi connectivity index (χ0n) is 16.7. The summed E-state index contributed by atoms with van der Waals surface area (Å²) < 4.78 is 0. The standard InChI is InChI=1S/C21H31N5O3/c22-20(19-16(21(23)29)9-5-12-25-19)26-14-6-13-24-18(28)11-4-10-17(27)15-7-2-1-3-8-15/h1-3,7-8,12,16,19-20,26H,4-6,9-11,13-14,22H2,(H2,23,29)(H,24,28). The van der Waals surface area contributed by atoms with Crippen LogP contribution in [0.2, 0.25) is 0 Å². The van der Waals surface area contributed by atoms with Gasteiger partial charge in [-0.2, -0.15) is 0 Å². The number of benzene rings is 1. The highest BCUT2D eigenvalue weighted by molar-refractivity contribution is 5.96. The average Bonchev–Trinajstić information content (AvgIpc) is 2.73. The van der Waals surface area contributed by atoms with Gasteiger partial charge >= 0.3 is 0 Å². The Morgan fingerprint density at radius 3 is 2.59 bits per heavy atom. The van der Waals surface area contributed by atoms with Gasteiger partial charge in [-0.25, -0.2) is 0 Å². The van der Waals surface area contributed by atoms with Crippen LogP contribution in [0.15, 0.2) is 35.3 Å². The van der Waals surface area contributed by atoms with E-state index < -0.39 is 6.17 Å². The zero-order valence-corrected chi connectivity index (χ0v) is 16.7. The molecule has 0 saturated carbocycles. The van der Waals surface area contributed by atoms with Gasteiger partial charge in [0.25, 0.3) is 0 Å². The molecule has 3 unspecified atom stereocenters. The number of nitrogens with two attached hydrogens (primary N) is 2. The summed E-state index contributed by atoms with van der Waals surface area (Å²) in [6.07, 6.45) is 4.63. The number of nitrogens with zero attached hydrogens (tertiary/aromatic N) is 1. The van der Waals surface area contributed by atoms with E-state index in [-0.39, 0.29) is 29.6 Å². The second-order valence-electron chi connectivity index (χ2n) is 7.23. The lowest BCUT2D eigenvalue weighted by Gasteiger charge is -2.29. The first kappa shape index (κ1) is 22.7. The SMILES string of the molecule is NC(=O)C1CCC=NC1C(N)NCCCNC(=O)CCCC(=O)c1ccccc1. The van der Waals surface area contributed by atoms with Crippen molar-refractivity contribution in [2.24, 2.45) is 22.4 Å². The summed E-state index contributed by atoms with van der Waals surface area (Å²) in [7, 11) is 0. The Kier molecular flexibility index (Phi) is 9.46. The first-order valence-electron chi connectivity index (χ1n) is 10.1. The fourth-order valence-electron chi connectivity index (χ4n) is 3.35. The summed E-state index contributed by atoms with van der Waals surface area (Å²) >= 11 is 0. The smallest absolute Gasteiger partial charge is 0.222 e. The van der Waals surface area contributed by atoms with Crippen molar-refractivity contribution >= 4 is 23.8 Å². The van der Waals surface area contributed by atoms with Gasteiger partial charge in [-0.1, -0.05) is 30.3 Å². The molecule has 158 valence electrons. The van der Waals surface area contributed by atoms with Crippen LogP contribution >= 0.6 is 0 Å². The minimum atomic E-state index is -0.455. The highest BCUT2D eigenvalue weighted by Crippen LogP contribution is 2.19. The summed E-state index contributed by atoms with van der Waals surface area (Å²) in [4.78, 5) is 39.7. The van der Waals surface area contributed by atoms with E-state index in [1.54, 1.807) is 18.3 Å². The number of rotatable bonds is 12. The first-order chi connectivity index (χ1) is 14.0. The third-order valence-electron chi connectivity index (χ3n) is 4.99. The molecule has 1 heterocycles. The molecule has 2 amide bonds. The number of hydrogen-bond acceptors (Lipinski definition) is 6. The van der Waals surface area contributed by atoms with Gasteiger partial charge in [0.15, 0.2) is 5.78 Å². The van der Waals surface area contributed by atoms with Gasteiger partial charge in [-0.05, 0) is 38.4 Å². The van der Waals surface area contributed by atoms with Gasteiger partial charge in [0.05, 0.1) is 18.1 Å². The first-order valence-corrected chi connectivity index (χ1v) is 10.1. The van der Waals surface area contributed by atoms with Crippen molar-refractivity contribution in [3.63, 3.8) is 0 Å². The number of carbonyl (C=O) groups is 3. The molecule has 0 spiro atoms. The monoisotopic (exact) mass is 401 g/mol. The van der Waals surface area contributed by atoms with Crippen molar-refractivity contribution in [2.75, 3.05) is 13.1 Å². The second kappa shape index (κ2) is 12.1. The van der Waals surface area contributed by atoms with Crippen LogP contribution in [-0.4, -0.2) is 49.1 Å². The molecule has 0 saturated heterocycles. The van der Waals surface area contributed by atoms with Gasteiger partial charge in [0.2, 0.25) is 11.8 Å². The van der Waals surface area contributed by atoms with E-state index in [9.17, 15) is 14.4 Å². The number of Topliss-reactive ketones (excluding diaryl/α,β-unsaturated/α-hetero) is 1. The Bertz CT molecular complexity index is 708. The molecule has 8 nitrogen and oxygen atoms in total. The van der Waals surface area contributed by atoms with Crippen molar-refractivity contribution in [2.45, 2.75) is 50.7 Å². The van der Waals surface area contributed by atoms with Crippen LogP contribution in [0, 0.1) is 5.92 Å². The number of hydrogen-bond donors (Lipinski definition) is 4.